The van der Waals surface area contributed by atoms with Crippen molar-refractivity contribution in [3.05, 3.63) is 11.4 Å². The quantitative estimate of drug-likeness (QED) is 0.727. The lowest BCUT2D eigenvalue weighted by atomic mass is 9.89. The number of hydrogen-bond acceptors (Lipinski definition) is 4. The standard InChI is InChI=1S/C10H16BNO2S/c1-8-2-4-12(5-3-8)9-6-10(11(13)14)15-7-9/h6-8,13-14H,2-5H2,1H3. The van der Waals surface area contributed by atoms with E-state index in [-0.39, 0.29) is 0 Å². The maximum absolute atomic E-state index is 9.02. The maximum Gasteiger partial charge on any atom is 0.499 e. The third-order valence-corrected chi connectivity index (χ3v) is 3.97. The van der Waals surface area contributed by atoms with E-state index in [2.05, 4.69) is 11.8 Å². The molecule has 0 saturated carbocycles. The molecule has 0 aliphatic carbocycles. The van der Waals surface area contributed by atoms with E-state index in [1.807, 2.05) is 11.4 Å². The highest BCUT2D eigenvalue weighted by atomic mass is 32.1. The average molecular weight is 225 g/mol. The van der Waals surface area contributed by atoms with Gasteiger partial charge in [0.2, 0.25) is 0 Å². The maximum atomic E-state index is 9.02. The molecule has 3 nitrogen and oxygen atoms in total. The molecule has 0 radical (unpaired) electrons. The molecule has 1 aromatic heterocycles. The molecule has 1 aliphatic heterocycles. The minimum atomic E-state index is -1.33. The number of anilines is 1. The van der Waals surface area contributed by atoms with Gasteiger partial charge < -0.3 is 14.9 Å². The Morgan fingerprint density at radius 2 is 2.07 bits per heavy atom. The van der Waals surface area contributed by atoms with E-state index in [0.29, 0.717) is 4.78 Å². The first-order valence-corrected chi connectivity index (χ1v) is 6.24. The van der Waals surface area contributed by atoms with Gasteiger partial charge in [-0.25, -0.2) is 0 Å². The fraction of sp³-hybridized carbons (Fsp3) is 0.600. The van der Waals surface area contributed by atoms with Crippen molar-refractivity contribution in [1.82, 2.24) is 0 Å². The van der Waals surface area contributed by atoms with Crippen LogP contribution in [0.2, 0.25) is 0 Å². The van der Waals surface area contributed by atoms with Crippen LogP contribution in [0.1, 0.15) is 19.8 Å². The van der Waals surface area contributed by atoms with Crippen molar-refractivity contribution < 1.29 is 10.0 Å². The van der Waals surface area contributed by atoms with Gasteiger partial charge in [0.05, 0.1) is 0 Å². The number of hydrogen-bond donors (Lipinski definition) is 2. The number of piperidine rings is 1. The zero-order chi connectivity index (χ0) is 10.8. The first kappa shape index (κ1) is 11.0. The Kier molecular flexibility index (Phi) is 3.33. The third kappa shape index (κ3) is 2.54. The van der Waals surface area contributed by atoms with Crippen LogP contribution in [0.5, 0.6) is 0 Å². The molecule has 5 heteroatoms. The molecule has 15 heavy (non-hydrogen) atoms. The van der Waals surface area contributed by atoms with Crippen LogP contribution >= 0.6 is 11.3 Å². The van der Waals surface area contributed by atoms with E-state index in [4.69, 9.17) is 10.0 Å². The Balaban J connectivity index is 2.03. The van der Waals surface area contributed by atoms with E-state index >= 15 is 0 Å². The second-order valence-corrected chi connectivity index (χ2v) is 5.19. The predicted molar refractivity (Wildman–Crippen MR) is 64.8 cm³/mol. The van der Waals surface area contributed by atoms with Crippen LogP contribution in [0.15, 0.2) is 11.4 Å². The van der Waals surface area contributed by atoms with Gasteiger partial charge in [-0.05, 0) is 24.8 Å². The second-order valence-electron chi connectivity index (χ2n) is 4.25. The Bertz CT molecular complexity index is 321. The van der Waals surface area contributed by atoms with Crippen LogP contribution in [-0.4, -0.2) is 30.3 Å². The van der Waals surface area contributed by atoms with Crippen molar-refractivity contribution in [3.8, 4) is 0 Å². The van der Waals surface area contributed by atoms with Crippen molar-refractivity contribution in [3.63, 3.8) is 0 Å². The van der Waals surface area contributed by atoms with Gasteiger partial charge in [-0.2, -0.15) is 11.3 Å². The molecule has 82 valence electrons. The zero-order valence-corrected chi connectivity index (χ0v) is 9.70. The second kappa shape index (κ2) is 4.55. The summed E-state index contributed by atoms with van der Waals surface area (Å²) in [4.78, 5) is 2.32. The number of rotatable bonds is 2. The molecule has 1 fully saturated rings. The fourth-order valence-corrected chi connectivity index (χ4v) is 2.69. The topological polar surface area (TPSA) is 43.7 Å². The van der Waals surface area contributed by atoms with Gasteiger partial charge in [0.25, 0.3) is 0 Å². The number of nitrogens with zero attached hydrogens (tertiary/aromatic N) is 1. The highest BCUT2D eigenvalue weighted by Gasteiger charge is 2.19. The molecule has 1 aromatic rings. The molecule has 0 amide bonds. The Morgan fingerprint density at radius 1 is 1.40 bits per heavy atom. The molecule has 0 atom stereocenters. The highest BCUT2D eigenvalue weighted by molar-refractivity contribution is 7.20. The molecule has 0 bridgehead atoms. The van der Waals surface area contributed by atoms with E-state index < -0.39 is 7.12 Å². The summed E-state index contributed by atoms with van der Waals surface area (Å²) in [5.41, 5.74) is 1.13. The minimum absolute atomic E-state index is 0.628. The number of thiophene rings is 1. The smallest absolute Gasteiger partial charge is 0.423 e. The van der Waals surface area contributed by atoms with Gasteiger partial charge in [-0.3, -0.25) is 0 Å². The van der Waals surface area contributed by atoms with E-state index in [9.17, 15) is 0 Å². The molecule has 0 spiro atoms. The molecule has 2 N–H and O–H groups in total. The Morgan fingerprint density at radius 3 is 2.60 bits per heavy atom. The Labute approximate surface area is 94.5 Å². The van der Waals surface area contributed by atoms with Crippen molar-refractivity contribution in [2.24, 2.45) is 5.92 Å². The Hall–Kier alpha value is -0.515. The van der Waals surface area contributed by atoms with Gasteiger partial charge in [0.15, 0.2) is 0 Å². The molecular weight excluding hydrogens is 209 g/mol. The van der Waals surface area contributed by atoms with Gasteiger partial charge in [0, 0.05) is 28.9 Å². The summed E-state index contributed by atoms with van der Waals surface area (Å²) in [5.74, 6) is 0.822. The van der Waals surface area contributed by atoms with Gasteiger partial charge in [-0.1, -0.05) is 6.92 Å². The van der Waals surface area contributed by atoms with Crippen molar-refractivity contribution in [2.45, 2.75) is 19.8 Å². The summed E-state index contributed by atoms with van der Waals surface area (Å²) in [6.45, 7) is 4.45. The van der Waals surface area contributed by atoms with Crippen LogP contribution in [-0.2, 0) is 0 Å². The molecule has 2 heterocycles. The van der Waals surface area contributed by atoms with Crippen LogP contribution in [0, 0.1) is 5.92 Å². The van der Waals surface area contributed by atoms with Gasteiger partial charge >= 0.3 is 7.12 Å². The summed E-state index contributed by atoms with van der Waals surface area (Å²) >= 11 is 1.41. The van der Waals surface area contributed by atoms with Crippen LogP contribution in [0.3, 0.4) is 0 Å². The summed E-state index contributed by atoms with van der Waals surface area (Å²) in [6, 6.07) is 1.88. The van der Waals surface area contributed by atoms with Gasteiger partial charge in [0.1, 0.15) is 0 Å². The van der Waals surface area contributed by atoms with Crippen molar-refractivity contribution in [1.29, 1.82) is 0 Å². The largest absolute Gasteiger partial charge is 0.499 e. The summed E-state index contributed by atoms with van der Waals surface area (Å²) in [7, 11) is -1.33. The monoisotopic (exact) mass is 225 g/mol. The lowest BCUT2D eigenvalue weighted by molar-refractivity contribution is 0.426. The first-order valence-electron chi connectivity index (χ1n) is 5.36. The molecule has 0 aromatic carbocycles. The van der Waals surface area contributed by atoms with E-state index in [1.165, 1.54) is 24.2 Å². The first-order chi connectivity index (χ1) is 7.16. The lowest BCUT2D eigenvalue weighted by Crippen LogP contribution is -2.33. The molecular formula is C10H16BNO2S. The zero-order valence-electron chi connectivity index (χ0n) is 8.89. The predicted octanol–water partition coefficient (Wildman–Crippen LogP) is 0.664. The fourth-order valence-electron chi connectivity index (χ4n) is 1.91. The van der Waals surface area contributed by atoms with Crippen molar-refractivity contribution in [2.75, 3.05) is 18.0 Å². The molecule has 1 aliphatic rings. The summed E-state index contributed by atoms with van der Waals surface area (Å²) in [5, 5.41) is 20.1. The van der Waals surface area contributed by atoms with Crippen molar-refractivity contribution >= 4 is 28.9 Å². The van der Waals surface area contributed by atoms with Gasteiger partial charge in [-0.15, -0.1) is 0 Å². The average Bonchev–Trinajstić information content (AvgIpc) is 2.68. The minimum Gasteiger partial charge on any atom is -0.423 e. The van der Waals surface area contributed by atoms with E-state index in [1.54, 1.807) is 0 Å². The third-order valence-electron chi connectivity index (χ3n) is 3.01. The summed E-state index contributed by atoms with van der Waals surface area (Å²) < 4.78 is 0.628. The summed E-state index contributed by atoms with van der Waals surface area (Å²) in [6.07, 6.45) is 2.46. The molecule has 2 rings (SSSR count). The molecule has 1 saturated heterocycles. The van der Waals surface area contributed by atoms with Crippen LogP contribution in [0.25, 0.3) is 0 Å². The highest BCUT2D eigenvalue weighted by Crippen LogP contribution is 2.23. The van der Waals surface area contributed by atoms with E-state index in [0.717, 1.165) is 24.7 Å². The normalized spacial score (nSPS) is 18.2. The lowest BCUT2D eigenvalue weighted by Gasteiger charge is -2.31. The van der Waals surface area contributed by atoms with Crippen LogP contribution in [0.4, 0.5) is 5.69 Å². The van der Waals surface area contributed by atoms with Crippen LogP contribution < -0.4 is 9.68 Å². The molecule has 0 unspecified atom stereocenters. The SMILES string of the molecule is CC1CCN(c2csc(B(O)O)c2)CC1.